The first kappa shape index (κ1) is 16.5. The van der Waals surface area contributed by atoms with Crippen molar-refractivity contribution in [1.29, 1.82) is 0 Å². The fourth-order valence-electron chi connectivity index (χ4n) is 2.12. The molecule has 0 aliphatic rings. The molecule has 108 valence electrons. The van der Waals surface area contributed by atoms with E-state index in [9.17, 15) is 13.2 Å². The molecule has 0 aliphatic heterocycles. The third-order valence-corrected chi connectivity index (χ3v) is 3.79. The van der Waals surface area contributed by atoms with Crippen LogP contribution in [0.5, 0.6) is 0 Å². The lowest BCUT2D eigenvalue weighted by molar-refractivity contribution is -0.138. The van der Waals surface area contributed by atoms with Gasteiger partial charge in [-0.1, -0.05) is 49.2 Å². The molecule has 0 aliphatic carbocycles. The van der Waals surface area contributed by atoms with E-state index in [4.69, 9.17) is 0 Å². The molecule has 0 heterocycles. The molecular formula is C14H19BrF3N. The summed E-state index contributed by atoms with van der Waals surface area (Å²) in [6.07, 6.45) is -3.51. The Balaban J connectivity index is 3.29. The summed E-state index contributed by atoms with van der Waals surface area (Å²) in [6, 6.07) is 4.10. The number of nitrogens with one attached hydrogen (secondary N) is 1. The predicted octanol–water partition coefficient (Wildman–Crippen LogP) is 5.16. The summed E-state index contributed by atoms with van der Waals surface area (Å²) in [5.41, 5.74) is -0.236. The van der Waals surface area contributed by atoms with Crippen LogP contribution in [0.3, 0.4) is 0 Å². The summed E-state index contributed by atoms with van der Waals surface area (Å²) in [5, 5.41) is 3.17. The molecule has 2 unspecified atom stereocenters. The van der Waals surface area contributed by atoms with Gasteiger partial charge in [0.2, 0.25) is 0 Å². The van der Waals surface area contributed by atoms with E-state index >= 15 is 0 Å². The molecule has 2 atom stereocenters. The Kier molecular flexibility index (Phi) is 5.86. The van der Waals surface area contributed by atoms with Gasteiger partial charge in [-0.15, -0.1) is 0 Å². The van der Waals surface area contributed by atoms with Crippen molar-refractivity contribution in [2.75, 3.05) is 6.54 Å². The summed E-state index contributed by atoms with van der Waals surface area (Å²) in [5.74, 6) is 0.141. The van der Waals surface area contributed by atoms with Gasteiger partial charge >= 0.3 is 6.18 Å². The molecule has 1 rings (SSSR count). The van der Waals surface area contributed by atoms with Crippen LogP contribution in [-0.2, 0) is 6.18 Å². The SMILES string of the molecule is CCNC(c1ccc(Br)cc1C(F)(F)F)C(C)CC. The molecule has 0 spiro atoms. The van der Waals surface area contributed by atoms with Gasteiger partial charge in [-0.05, 0) is 30.2 Å². The zero-order chi connectivity index (χ0) is 14.6. The minimum Gasteiger partial charge on any atom is -0.310 e. The molecule has 1 aromatic rings. The van der Waals surface area contributed by atoms with Crippen molar-refractivity contribution >= 4 is 15.9 Å². The van der Waals surface area contributed by atoms with E-state index in [-0.39, 0.29) is 12.0 Å². The summed E-state index contributed by atoms with van der Waals surface area (Å²) in [7, 11) is 0. The van der Waals surface area contributed by atoms with Crippen molar-refractivity contribution in [3.63, 3.8) is 0 Å². The Morgan fingerprint density at radius 2 is 1.89 bits per heavy atom. The zero-order valence-corrected chi connectivity index (χ0v) is 12.9. The van der Waals surface area contributed by atoms with Crippen LogP contribution < -0.4 is 5.32 Å². The van der Waals surface area contributed by atoms with Crippen LogP contribution in [0.1, 0.15) is 44.4 Å². The summed E-state index contributed by atoms with van der Waals surface area (Å²) >= 11 is 3.11. The van der Waals surface area contributed by atoms with Crippen LogP contribution in [0.15, 0.2) is 22.7 Å². The van der Waals surface area contributed by atoms with E-state index in [0.29, 0.717) is 16.6 Å². The lowest BCUT2D eigenvalue weighted by Crippen LogP contribution is -2.29. The van der Waals surface area contributed by atoms with Gasteiger partial charge < -0.3 is 5.32 Å². The molecule has 0 aromatic heterocycles. The van der Waals surface area contributed by atoms with Gasteiger partial charge in [0.25, 0.3) is 0 Å². The lowest BCUT2D eigenvalue weighted by atomic mass is 9.89. The molecule has 19 heavy (non-hydrogen) atoms. The third kappa shape index (κ3) is 4.21. The number of benzene rings is 1. The quantitative estimate of drug-likeness (QED) is 0.781. The molecule has 1 nitrogen and oxygen atoms in total. The molecule has 0 radical (unpaired) electrons. The Morgan fingerprint density at radius 1 is 1.26 bits per heavy atom. The molecule has 1 aromatic carbocycles. The smallest absolute Gasteiger partial charge is 0.310 e. The number of rotatable bonds is 5. The van der Waals surface area contributed by atoms with Crippen LogP contribution >= 0.6 is 15.9 Å². The van der Waals surface area contributed by atoms with Gasteiger partial charge in [-0.25, -0.2) is 0 Å². The number of hydrogen-bond acceptors (Lipinski definition) is 1. The van der Waals surface area contributed by atoms with Gasteiger partial charge in [0.15, 0.2) is 0 Å². The second kappa shape index (κ2) is 6.75. The van der Waals surface area contributed by atoms with Crippen molar-refractivity contribution in [1.82, 2.24) is 5.32 Å². The van der Waals surface area contributed by atoms with E-state index in [1.807, 2.05) is 20.8 Å². The highest BCUT2D eigenvalue weighted by Crippen LogP contribution is 2.38. The maximum Gasteiger partial charge on any atom is 0.416 e. The lowest BCUT2D eigenvalue weighted by Gasteiger charge is -2.27. The van der Waals surface area contributed by atoms with Gasteiger partial charge in [-0.2, -0.15) is 13.2 Å². The standard InChI is InChI=1S/C14H19BrF3N/c1-4-9(3)13(19-5-2)11-7-6-10(15)8-12(11)14(16,17)18/h6-9,13,19H,4-5H2,1-3H3. The molecule has 5 heteroatoms. The van der Waals surface area contributed by atoms with Crippen LogP contribution in [0.2, 0.25) is 0 Å². The van der Waals surface area contributed by atoms with Gasteiger partial charge in [0.05, 0.1) is 5.56 Å². The van der Waals surface area contributed by atoms with Crippen LogP contribution in [0.25, 0.3) is 0 Å². The second-order valence-corrected chi connectivity index (χ2v) is 5.57. The highest BCUT2D eigenvalue weighted by molar-refractivity contribution is 9.10. The third-order valence-electron chi connectivity index (χ3n) is 3.29. The summed E-state index contributed by atoms with van der Waals surface area (Å²) in [4.78, 5) is 0. The van der Waals surface area contributed by atoms with Gasteiger partial charge in [0, 0.05) is 10.5 Å². The van der Waals surface area contributed by atoms with E-state index < -0.39 is 11.7 Å². The second-order valence-electron chi connectivity index (χ2n) is 4.65. The normalized spacial score (nSPS) is 15.3. The number of alkyl halides is 3. The van der Waals surface area contributed by atoms with E-state index in [1.54, 1.807) is 12.1 Å². The highest BCUT2D eigenvalue weighted by atomic mass is 79.9. The fraction of sp³-hybridized carbons (Fsp3) is 0.571. The van der Waals surface area contributed by atoms with Crippen molar-refractivity contribution in [2.45, 2.75) is 39.4 Å². The fourth-order valence-corrected chi connectivity index (χ4v) is 2.48. The topological polar surface area (TPSA) is 12.0 Å². The first-order valence-corrected chi connectivity index (χ1v) is 7.20. The molecule has 0 saturated carbocycles. The van der Waals surface area contributed by atoms with Crippen molar-refractivity contribution in [3.8, 4) is 0 Å². The van der Waals surface area contributed by atoms with E-state index in [1.165, 1.54) is 0 Å². The first-order chi connectivity index (χ1) is 8.81. The average Bonchev–Trinajstić information content (AvgIpc) is 2.34. The molecule has 0 fully saturated rings. The molecule has 0 bridgehead atoms. The molecular weight excluding hydrogens is 319 g/mol. The largest absolute Gasteiger partial charge is 0.416 e. The molecule has 1 N–H and O–H groups in total. The highest BCUT2D eigenvalue weighted by Gasteiger charge is 2.36. The van der Waals surface area contributed by atoms with Crippen molar-refractivity contribution in [3.05, 3.63) is 33.8 Å². The Hall–Kier alpha value is -0.550. The summed E-state index contributed by atoms with van der Waals surface area (Å²) < 4.78 is 39.9. The Bertz CT molecular complexity index is 418. The minimum absolute atomic E-state index is 0.141. The predicted molar refractivity (Wildman–Crippen MR) is 75.0 cm³/mol. The first-order valence-electron chi connectivity index (χ1n) is 6.41. The zero-order valence-electron chi connectivity index (χ0n) is 11.3. The van der Waals surface area contributed by atoms with Crippen molar-refractivity contribution in [2.24, 2.45) is 5.92 Å². The monoisotopic (exact) mass is 337 g/mol. The van der Waals surface area contributed by atoms with E-state index in [2.05, 4.69) is 21.2 Å². The van der Waals surface area contributed by atoms with Crippen LogP contribution in [-0.4, -0.2) is 6.54 Å². The Labute approximate surface area is 120 Å². The van der Waals surface area contributed by atoms with Crippen molar-refractivity contribution < 1.29 is 13.2 Å². The van der Waals surface area contributed by atoms with Gasteiger partial charge in [-0.3, -0.25) is 0 Å². The molecule has 0 saturated heterocycles. The van der Waals surface area contributed by atoms with Gasteiger partial charge in [0.1, 0.15) is 0 Å². The average molecular weight is 338 g/mol. The maximum atomic E-state index is 13.1. The summed E-state index contributed by atoms with van der Waals surface area (Å²) in [6.45, 7) is 6.50. The Morgan fingerprint density at radius 3 is 2.37 bits per heavy atom. The van der Waals surface area contributed by atoms with E-state index in [0.717, 1.165) is 12.5 Å². The minimum atomic E-state index is -4.33. The number of hydrogen-bond donors (Lipinski definition) is 1. The van der Waals surface area contributed by atoms with Crippen LogP contribution in [0.4, 0.5) is 13.2 Å². The van der Waals surface area contributed by atoms with Crippen LogP contribution in [0, 0.1) is 5.92 Å². The number of halogens is 4. The maximum absolute atomic E-state index is 13.1. The molecule has 0 amide bonds.